The number of anilines is 1. The van der Waals surface area contributed by atoms with Gasteiger partial charge in [0.1, 0.15) is 18.4 Å². The Morgan fingerprint density at radius 1 is 1.03 bits per heavy atom. The van der Waals surface area contributed by atoms with Gasteiger partial charge in [-0.05, 0) is 24.3 Å². The number of hydrogen-bond acceptors (Lipinski definition) is 5. The summed E-state index contributed by atoms with van der Waals surface area (Å²) in [6, 6.07) is 14.7. The van der Waals surface area contributed by atoms with Crippen LogP contribution in [0.3, 0.4) is 0 Å². The molecular weight excluding hydrogens is 694 g/mol. The topological polar surface area (TPSA) is 50.8 Å². The van der Waals surface area contributed by atoms with Gasteiger partial charge in [-0.25, -0.2) is 0 Å². The third-order valence-electron chi connectivity index (χ3n) is 6.81. The molecular formula is C28H38I2N4O3. The monoisotopic (exact) mass is 732 g/mol. The van der Waals surface area contributed by atoms with Crippen LogP contribution >= 0.6 is 0 Å². The maximum atomic E-state index is 6.47. The Kier molecular flexibility index (Phi) is 10.7. The number of pyridine rings is 1. The van der Waals surface area contributed by atoms with Crippen molar-refractivity contribution in [1.82, 2.24) is 4.90 Å². The summed E-state index contributed by atoms with van der Waals surface area (Å²) in [5.74, 6) is 0.886. The molecule has 7 nitrogen and oxygen atoms in total. The quantitative estimate of drug-likeness (QED) is 0.0918. The number of furan rings is 1. The first kappa shape index (κ1) is 30.1. The van der Waals surface area contributed by atoms with E-state index in [4.69, 9.17) is 13.9 Å². The summed E-state index contributed by atoms with van der Waals surface area (Å²) < 4.78 is 21.3. The van der Waals surface area contributed by atoms with Gasteiger partial charge in [0.25, 0.3) is 5.52 Å². The van der Waals surface area contributed by atoms with Crippen molar-refractivity contribution in [2.75, 3.05) is 79.0 Å². The van der Waals surface area contributed by atoms with Gasteiger partial charge in [0, 0.05) is 38.7 Å². The number of fused-ring (bicyclic) bond motifs is 4. The van der Waals surface area contributed by atoms with Crippen molar-refractivity contribution in [3.63, 3.8) is 0 Å². The van der Waals surface area contributed by atoms with E-state index in [9.17, 15) is 0 Å². The number of rotatable bonds is 9. The van der Waals surface area contributed by atoms with Crippen LogP contribution in [0.1, 0.15) is 6.42 Å². The molecule has 0 amide bonds. The molecule has 9 heteroatoms. The molecule has 0 radical (unpaired) electrons. The molecule has 1 N–H and O–H groups in total. The number of halogens is 2. The number of nitrogens with zero attached hydrogens (tertiary/aromatic N) is 3. The number of ether oxygens (including phenoxy) is 2. The second kappa shape index (κ2) is 13.1. The van der Waals surface area contributed by atoms with Gasteiger partial charge in [0.2, 0.25) is 11.1 Å². The maximum Gasteiger partial charge on any atom is 0.261 e. The molecule has 1 fully saturated rings. The Balaban J connectivity index is 0.00000190. The van der Waals surface area contributed by atoms with Crippen molar-refractivity contribution in [3.05, 3.63) is 42.5 Å². The summed E-state index contributed by atoms with van der Waals surface area (Å²) in [7, 11) is 8.74. The summed E-state index contributed by atoms with van der Waals surface area (Å²) in [5.41, 5.74) is 5.09. The van der Waals surface area contributed by atoms with Crippen molar-refractivity contribution >= 4 is 38.7 Å². The Hall–Kier alpha value is -1.41. The minimum atomic E-state index is 0. The van der Waals surface area contributed by atoms with Gasteiger partial charge < -0.3 is 71.6 Å². The average molecular weight is 732 g/mol. The number of aryl methyl sites for hydroxylation is 1. The number of quaternary nitrogens is 1. The van der Waals surface area contributed by atoms with Gasteiger partial charge in [-0.15, -0.1) is 0 Å². The van der Waals surface area contributed by atoms with E-state index < -0.39 is 0 Å². The molecule has 0 spiro atoms. The van der Waals surface area contributed by atoms with Crippen LogP contribution in [0.4, 0.5) is 5.69 Å². The number of aromatic nitrogens is 1. The second-order valence-electron chi connectivity index (χ2n) is 10.5. The first-order valence-corrected chi connectivity index (χ1v) is 12.6. The molecule has 0 atom stereocenters. The Morgan fingerprint density at radius 2 is 1.78 bits per heavy atom. The average Bonchev–Trinajstić information content (AvgIpc) is 3.23. The molecule has 0 unspecified atom stereocenters. The van der Waals surface area contributed by atoms with E-state index in [1.807, 2.05) is 12.1 Å². The molecule has 1 saturated heterocycles. The molecule has 5 rings (SSSR count). The molecule has 4 aromatic rings. The lowest BCUT2D eigenvalue weighted by atomic mass is 10.1. The fourth-order valence-electron chi connectivity index (χ4n) is 4.94. The molecule has 202 valence electrons. The number of nitrogens with one attached hydrogen (secondary N) is 1. The van der Waals surface area contributed by atoms with Crippen LogP contribution in [0, 0.1) is 0 Å². The van der Waals surface area contributed by atoms with Crippen LogP contribution in [-0.4, -0.2) is 83.1 Å². The normalized spacial score (nSPS) is 14.5. The zero-order valence-electron chi connectivity index (χ0n) is 22.2. The van der Waals surface area contributed by atoms with Crippen molar-refractivity contribution in [3.8, 4) is 5.75 Å². The highest BCUT2D eigenvalue weighted by atomic mass is 127. The largest absolute Gasteiger partial charge is 1.00 e. The van der Waals surface area contributed by atoms with Crippen LogP contribution in [-0.2, 0) is 11.8 Å². The predicted octanol–water partition coefficient (Wildman–Crippen LogP) is -2.21. The second-order valence-corrected chi connectivity index (χ2v) is 10.5. The van der Waals surface area contributed by atoms with Crippen LogP contribution in [0.25, 0.3) is 33.0 Å². The standard InChI is InChI=1S/C28H37N4O3.2HI/c1-30-24-9-6-5-8-22(24)26(29-12-13-31-14-18-33-19-15-31)28-27(30)23-20-21(10-11-25(23)35-28)34-17-7-16-32(2,3)4;;/h5-6,8-11,20H,7,12-19H2,1-4H3;2*1H/q+1;;/p-1. The third-order valence-corrected chi connectivity index (χ3v) is 6.81. The number of para-hydroxylation sites is 1. The third kappa shape index (κ3) is 6.97. The van der Waals surface area contributed by atoms with Crippen LogP contribution in [0.15, 0.2) is 46.9 Å². The summed E-state index contributed by atoms with van der Waals surface area (Å²) in [4.78, 5) is 2.44. The number of hydrogen-bond donors (Lipinski definition) is 1. The van der Waals surface area contributed by atoms with E-state index in [1.54, 1.807) is 0 Å². The van der Waals surface area contributed by atoms with E-state index in [0.717, 1.165) is 90.3 Å². The van der Waals surface area contributed by atoms with Gasteiger partial charge >= 0.3 is 0 Å². The van der Waals surface area contributed by atoms with E-state index >= 15 is 0 Å². The molecule has 1 aliphatic rings. The Bertz CT molecular complexity index is 1330. The zero-order valence-corrected chi connectivity index (χ0v) is 26.5. The maximum absolute atomic E-state index is 6.47. The smallest absolute Gasteiger partial charge is 0.261 e. The van der Waals surface area contributed by atoms with Crippen molar-refractivity contribution < 1.29 is 70.9 Å². The molecule has 1 aliphatic heterocycles. The molecule has 0 saturated carbocycles. The lowest BCUT2D eigenvalue weighted by molar-refractivity contribution is -0.870. The fraction of sp³-hybridized carbons (Fsp3) is 0.464. The number of benzene rings is 2. The molecule has 37 heavy (non-hydrogen) atoms. The van der Waals surface area contributed by atoms with Crippen LogP contribution in [0.5, 0.6) is 5.75 Å². The zero-order chi connectivity index (χ0) is 24.4. The minimum absolute atomic E-state index is 0. The lowest BCUT2D eigenvalue weighted by Crippen LogP contribution is -3.00. The summed E-state index contributed by atoms with van der Waals surface area (Å²) >= 11 is 0. The first-order chi connectivity index (χ1) is 16.9. The first-order valence-electron chi connectivity index (χ1n) is 12.6. The highest BCUT2D eigenvalue weighted by Crippen LogP contribution is 2.37. The van der Waals surface area contributed by atoms with Gasteiger partial charge in [0.15, 0.2) is 0 Å². The SMILES string of the molecule is C[n+]1c2ccccc2c(NCCN2CCOCC2)c2oc3ccc(OCCC[N+](C)(C)C)cc3c21.[I-].[I-]. The van der Waals surface area contributed by atoms with Crippen molar-refractivity contribution in [2.45, 2.75) is 6.42 Å². The minimum Gasteiger partial charge on any atom is -1.00 e. The predicted molar refractivity (Wildman–Crippen MR) is 141 cm³/mol. The van der Waals surface area contributed by atoms with E-state index in [0.29, 0.717) is 6.61 Å². The Morgan fingerprint density at radius 3 is 2.54 bits per heavy atom. The van der Waals surface area contributed by atoms with Crippen molar-refractivity contribution in [1.29, 1.82) is 0 Å². The van der Waals surface area contributed by atoms with Crippen molar-refractivity contribution in [2.24, 2.45) is 7.05 Å². The van der Waals surface area contributed by atoms with Crippen LogP contribution < -0.4 is 62.6 Å². The van der Waals surface area contributed by atoms with E-state index in [2.05, 4.69) is 73.3 Å². The molecule has 2 aromatic carbocycles. The molecule has 3 heterocycles. The van der Waals surface area contributed by atoms with Gasteiger partial charge in [-0.1, -0.05) is 12.1 Å². The van der Waals surface area contributed by atoms with Crippen LogP contribution in [0.2, 0.25) is 0 Å². The van der Waals surface area contributed by atoms with E-state index in [1.165, 1.54) is 10.9 Å². The van der Waals surface area contributed by atoms with E-state index in [-0.39, 0.29) is 48.0 Å². The molecule has 2 aromatic heterocycles. The summed E-state index contributed by atoms with van der Waals surface area (Å²) in [6.07, 6.45) is 1.02. The molecule has 0 aliphatic carbocycles. The van der Waals surface area contributed by atoms with Gasteiger partial charge in [-0.3, -0.25) is 4.90 Å². The summed E-state index contributed by atoms with van der Waals surface area (Å²) in [5, 5.41) is 5.96. The van der Waals surface area contributed by atoms with Gasteiger partial charge in [-0.2, -0.15) is 4.57 Å². The molecule has 0 bridgehead atoms. The Labute approximate surface area is 253 Å². The highest BCUT2D eigenvalue weighted by molar-refractivity contribution is 6.11. The fourth-order valence-corrected chi connectivity index (χ4v) is 4.94. The highest BCUT2D eigenvalue weighted by Gasteiger charge is 2.25. The lowest BCUT2D eigenvalue weighted by Gasteiger charge is -2.26. The van der Waals surface area contributed by atoms with Gasteiger partial charge in [0.05, 0.1) is 64.0 Å². The summed E-state index contributed by atoms with van der Waals surface area (Å²) in [6.45, 7) is 7.23. The number of morpholine rings is 1.